The van der Waals surface area contributed by atoms with Crippen LogP contribution >= 0.6 is 7.82 Å². The minimum absolute atomic E-state index is 0.0556. The summed E-state index contributed by atoms with van der Waals surface area (Å²) in [5.74, 6) is -0.430. The molecule has 8 nitrogen and oxygen atoms in total. The minimum atomic E-state index is -4.26. The molecule has 2 N–H and O–H groups in total. The number of nitrogens with zero attached hydrogens (tertiary/aromatic N) is 1. The highest BCUT2D eigenvalue weighted by atomic mass is 31.2. The second kappa shape index (κ2) is 21.6. The first-order valence-electron chi connectivity index (χ1n) is 13.8. The lowest BCUT2D eigenvalue weighted by Gasteiger charge is -2.24. The van der Waals surface area contributed by atoms with Crippen LogP contribution in [0.5, 0.6) is 0 Å². The first kappa shape index (κ1) is 34.5. The second-order valence-corrected chi connectivity index (χ2v) is 12.1. The zero-order valence-electron chi connectivity index (χ0n) is 23.0. The van der Waals surface area contributed by atoms with E-state index in [-0.39, 0.29) is 19.6 Å². The van der Waals surface area contributed by atoms with Crippen molar-refractivity contribution in [3.63, 3.8) is 0 Å². The quantitative estimate of drug-likeness (QED) is 0.0654. The molecule has 9 heteroatoms. The van der Waals surface area contributed by atoms with E-state index in [9.17, 15) is 19.4 Å². The van der Waals surface area contributed by atoms with E-state index in [0.717, 1.165) is 19.3 Å². The molecule has 210 valence electrons. The van der Waals surface area contributed by atoms with Gasteiger partial charge in [0.05, 0.1) is 34.4 Å². The first-order chi connectivity index (χ1) is 16.6. The molecule has 0 bridgehead atoms. The Morgan fingerprint density at radius 2 is 1.26 bits per heavy atom. The Morgan fingerprint density at radius 1 is 0.800 bits per heavy atom. The highest BCUT2D eigenvalue weighted by Crippen LogP contribution is 2.43. The van der Waals surface area contributed by atoms with Crippen LogP contribution in [-0.4, -0.2) is 74.1 Å². The lowest BCUT2D eigenvalue weighted by molar-refractivity contribution is -0.870. The van der Waals surface area contributed by atoms with Crippen LogP contribution in [0.1, 0.15) is 110 Å². The van der Waals surface area contributed by atoms with Gasteiger partial charge in [0.1, 0.15) is 19.3 Å². The van der Waals surface area contributed by atoms with Crippen molar-refractivity contribution < 1.29 is 37.6 Å². The van der Waals surface area contributed by atoms with E-state index in [0.29, 0.717) is 11.0 Å². The molecule has 0 saturated heterocycles. The number of unbranched alkanes of at least 4 members (excludes halogenated alkanes) is 14. The summed E-state index contributed by atoms with van der Waals surface area (Å²) < 4.78 is 27.5. The van der Waals surface area contributed by atoms with E-state index in [4.69, 9.17) is 13.8 Å². The van der Waals surface area contributed by atoms with Gasteiger partial charge in [0.15, 0.2) is 0 Å². The van der Waals surface area contributed by atoms with E-state index in [1.54, 1.807) is 0 Å². The van der Waals surface area contributed by atoms with Gasteiger partial charge in [0.25, 0.3) is 0 Å². The third-order valence-corrected chi connectivity index (χ3v) is 6.91. The van der Waals surface area contributed by atoms with Gasteiger partial charge in [0.2, 0.25) is 0 Å². The predicted molar refractivity (Wildman–Crippen MR) is 141 cm³/mol. The summed E-state index contributed by atoms with van der Waals surface area (Å²) in [5, 5.41) is 9.39. The number of hydrogen-bond acceptors (Lipinski definition) is 6. The maximum absolute atomic E-state index is 12.0. The van der Waals surface area contributed by atoms with Crippen LogP contribution in [0.2, 0.25) is 0 Å². The van der Waals surface area contributed by atoms with Gasteiger partial charge >= 0.3 is 13.8 Å². The maximum Gasteiger partial charge on any atom is 0.472 e. The van der Waals surface area contributed by atoms with Crippen molar-refractivity contribution in [2.75, 3.05) is 47.5 Å². The number of likely N-dealkylation sites (N-methyl/N-ethyl adjacent to an activating group) is 1. The molecule has 0 amide bonds. The summed E-state index contributed by atoms with van der Waals surface area (Å²) in [6.07, 6.45) is 18.1. The van der Waals surface area contributed by atoms with Crippen LogP contribution in [0.25, 0.3) is 0 Å². The summed E-state index contributed by atoms with van der Waals surface area (Å²) in [6.45, 7) is 1.97. The van der Waals surface area contributed by atoms with E-state index in [1.807, 2.05) is 21.1 Å². The van der Waals surface area contributed by atoms with Gasteiger partial charge in [0, 0.05) is 6.42 Å². The van der Waals surface area contributed by atoms with Crippen LogP contribution in [0.15, 0.2) is 0 Å². The molecule has 0 radical (unpaired) electrons. The van der Waals surface area contributed by atoms with Gasteiger partial charge in [-0.15, -0.1) is 0 Å². The molecule has 0 aromatic carbocycles. The van der Waals surface area contributed by atoms with Crippen molar-refractivity contribution in [3.8, 4) is 0 Å². The molecule has 0 aliphatic rings. The normalized spacial score (nSPS) is 14.6. The number of hydrogen-bond donors (Lipinski definition) is 2. The number of esters is 1. The molecule has 0 heterocycles. The molecule has 0 aromatic rings. The first-order valence-corrected chi connectivity index (χ1v) is 15.3. The van der Waals surface area contributed by atoms with Crippen LogP contribution in [-0.2, 0) is 23.1 Å². The molecule has 35 heavy (non-hydrogen) atoms. The predicted octanol–water partition coefficient (Wildman–Crippen LogP) is 5.99. The molecule has 0 saturated carbocycles. The number of phosphoric acid groups is 1. The van der Waals surface area contributed by atoms with Crippen molar-refractivity contribution in [2.45, 2.75) is 116 Å². The Balaban J connectivity index is 3.68. The highest BCUT2D eigenvalue weighted by Gasteiger charge is 2.25. The summed E-state index contributed by atoms with van der Waals surface area (Å²) in [5.41, 5.74) is 0. The fraction of sp³-hybridized carbons (Fsp3) is 0.962. The fourth-order valence-electron chi connectivity index (χ4n) is 3.65. The lowest BCUT2D eigenvalue weighted by atomic mass is 10.0. The van der Waals surface area contributed by atoms with E-state index in [1.165, 1.54) is 77.0 Å². The zero-order chi connectivity index (χ0) is 26.4. The molecule has 2 atom stereocenters. The number of quaternary nitrogens is 1. The largest absolute Gasteiger partial charge is 0.472 e. The smallest absolute Gasteiger partial charge is 0.457 e. The monoisotopic (exact) mass is 524 g/mol. The van der Waals surface area contributed by atoms with Gasteiger partial charge in [-0.05, 0) is 6.42 Å². The maximum atomic E-state index is 12.0. The molecule has 0 fully saturated rings. The topological polar surface area (TPSA) is 102 Å². The van der Waals surface area contributed by atoms with Crippen molar-refractivity contribution in [2.24, 2.45) is 0 Å². The van der Waals surface area contributed by atoms with E-state index >= 15 is 0 Å². The number of rotatable bonds is 25. The Labute approximate surface area is 214 Å². The summed E-state index contributed by atoms with van der Waals surface area (Å²) in [7, 11) is 1.56. The number of ether oxygens (including phenoxy) is 1. The number of aliphatic hydroxyl groups excluding tert-OH is 1. The van der Waals surface area contributed by atoms with Crippen LogP contribution in [0.3, 0.4) is 0 Å². The molecule has 0 rings (SSSR count). The van der Waals surface area contributed by atoms with Gasteiger partial charge in [-0.1, -0.05) is 96.8 Å². The summed E-state index contributed by atoms with van der Waals surface area (Å²) >= 11 is 0. The fourth-order valence-corrected chi connectivity index (χ4v) is 4.40. The molecule has 0 spiro atoms. The third-order valence-electron chi connectivity index (χ3n) is 5.93. The van der Waals surface area contributed by atoms with Crippen molar-refractivity contribution >= 4 is 13.8 Å². The van der Waals surface area contributed by atoms with Crippen molar-refractivity contribution in [1.29, 1.82) is 0 Å². The molecular formula is C26H55NO7P+. The molecule has 0 aliphatic carbocycles. The van der Waals surface area contributed by atoms with Gasteiger partial charge < -0.3 is 19.2 Å². The highest BCUT2D eigenvalue weighted by molar-refractivity contribution is 7.47. The van der Waals surface area contributed by atoms with Crippen LogP contribution in [0.4, 0.5) is 0 Å². The summed E-state index contributed by atoms with van der Waals surface area (Å²) in [6, 6.07) is 0. The number of carbonyl (C=O) groups is 1. The molecule has 0 aliphatic heterocycles. The number of phosphoric ester groups is 1. The van der Waals surface area contributed by atoms with Gasteiger partial charge in [-0.25, -0.2) is 4.57 Å². The molecule has 0 aromatic heterocycles. The van der Waals surface area contributed by atoms with Crippen LogP contribution in [0, 0.1) is 0 Å². The summed E-state index contributed by atoms with van der Waals surface area (Å²) in [4.78, 5) is 21.7. The number of aliphatic hydroxyl groups is 1. The Kier molecular flexibility index (Phi) is 21.3. The SMILES string of the molecule is CCCCCCCCCCCCCCCCCC(=O)O[C@@H](CO)COP(=O)(O)OCC[N+](C)(C)C. The Morgan fingerprint density at radius 3 is 1.69 bits per heavy atom. The lowest BCUT2D eigenvalue weighted by Crippen LogP contribution is -2.37. The van der Waals surface area contributed by atoms with Crippen molar-refractivity contribution in [1.82, 2.24) is 0 Å². The van der Waals surface area contributed by atoms with Gasteiger partial charge in [-0.2, -0.15) is 0 Å². The standard InChI is InChI=1S/C26H54NO7P/c1-5-6-7-8-9-10-11-12-13-14-15-16-17-18-19-20-26(29)34-25(23-28)24-33-35(30,31)32-22-21-27(2,3)4/h25,28H,5-24H2,1-4H3/p+1/t25-/m0/s1. The van der Waals surface area contributed by atoms with E-state index in [2.05, 4.69) is 6.92 Å². The molecule has 1 unspecified atom stereocenters. The molecular weight excluding hydrogens is 469 g/mol. The van der Waals surface area contributed by atoms with Crippen molar-refractivity contribution in [3.05, 3.63) is 0 Å². The number of carbonyl (C=O) groups excluding carboxylic acids is 1. The minimum Gasteiger partial charge on any atom is -0.457 e. The average molecular weight is 525 g/mol. The van der Waals surface area contributed by atoms with Gasteiger partial charge in [-0.3, -0.25) is 13.8 Å². The van der Waals surface area contributed by atoms with Crippen LogP contribution < -0.4 is 0 Å². The Bertz CT molecular complexity index is 554. The van der Waals surface area contributed by atoms with E-state index < -0.39 is 26.5 Å². The zero-order valence-corrected chi connectivity index (χ0v) is 23.9. The Hall–Kier alpha value is -0.500. The second-order valence-electron chi connectivity index (χ2n) is 10.6. The average Bonchev–Trinajstić information content (AvgIpc) is 2.78. The third kappa shape index (κ3) is 25.0.